The van der Waals surface area contributed by atoms with Gasteiger partial charge in [0.15, 0.2) is 11.6 Å². The van der Waals surface area contributed by atoms with E-state index in [0.717, 1.165) is 42.4 Å². The summed E-state index contributed by atoms with van der Waals surface area (Å²) in [6.07, 6.45) is 18.8. The summed E-state index contributed by atoms with van der Waals surface area (Å²) in [5.74, 6) is 3.68. The van der Waals surface area contributed by atoms with Crippen molar-refractivity contribution in [3.63, 3.8) is 0 Å². The molecule has 4 heteroatoms. The predicted octanol–water partition coefficient (Wildman–Crippen LogP) is 9.78. The molecule has 0 aliphatic heterocycles. The van der Waals surface area contributed by atoms with Crippen LogP contribution in [0.5, 0.6) is 5.75 Å². The van der Waals surface area contributed by atoms with E-state index in [-0.39, 0.29) is 17.9 Å². The minimum absolute atomic E-state index is 0.0976. The maximum atomic E-state index is 14.5. The average Bonchev–Trinajstić information content (AvgIpc) is 2.89. The van der Waals surface area contributed by atoms with Gasteiger partial charge in [-0.2, -0.15) is 0 Å². The fourth-order valence-corrected chi connectivity index (χ4v) is 7.21. The Bertz CT molecular complexity index is 839. The van der Waals surface area contributed by atoms with Gasteiger partial charge < -0.3 is 4.74 Å². The molecule has 3 saturated carbocycles. The highest BCUT2D eigenvalue weighted by Crippen LogP contribution is 2.46. The molecular formula is C31H43F3O. The molecule has 35 heavy (non-hydrogen) atoms. The number of benzene rings is 1. The molecule has 4 rings (SSSR count). The Morgan fingerprint density at radius 2 is 1.31 bits per heavy atom. The highest BCUT2D eigenvalue weighted by Gasteiger charge is 2.34. The van der Waals surface area contributed by atoms with E-state index in [0.29, 0.717) is 5.92 Å². The van der Waals surface area contributed by atoms with Crippen molar-refractivity contribution < 1.29 is 17.9 Å². The van der Waals surface area contributed by atoms with Crippen LogP contribution in [0.1, 0.15) is 102 Å². The van der Waals surface area contributed by atoms with Gasteiger partial charge in [0.1, 0.15) is 0 Å². The SMILES string of the molecule is C=CC1CCC(C2CCC(C3CCC(/C=C/c4ccc(OCC)c(F)c4C(F)F)CC3)CC2)CC1. The highest BCUT2D eigenvalue weighted by molar-refractivity contribution is 5.57. The predicted molar refractivity (Wildman–Crippen MR) is 138 cm³/mol. The van der Waals surface area contributed by atoms with Gasteiger partial charge in [-0.25, -0.2) is 13.2 Å². The topological polar surface area (TPSA) is 9.23 Å². The van der Waals surface area contributed by atoms with Crippen molar-refractivity contribution >= 4 is 6.08 Å². The summed E-state index contributed by atoms with van der Waals surface area (Å²) in [7, 11) is 0. The Morgan fingerprint density at radius 3 is 1.77 bits per heavy atom. The Balaban J connectivity index is 1.25. The summed E-state index contributed by atoms with van der Waals surface area (Å²) in [6, 6.07) is 3.02. The quantitative estimate of drug-likeness (QED) is 0.331. The van der Waals surface area contributed by atoms with E-state index in [1.165, 1.54) is 70.3 Å². The van der Waals surface area contributed by atoms with Crippen molar-refractivity contribution in [2.75, 3.05) is 6.61 Å². The van der Waals surface area contributed by atoms with Gasteiger partial charge in [-0.15, -0.1) is 6.58 Å². The molecule has 0 aromatic heterocycles. The van der Waals surface area contributed by atoms with E-state index in [1.807, 2.05) is 6.08 Å². The number of hydrogen-bond acceptors (Lipinski definition) is 1. The molecule has 1 aromatic carbocycles. The molecule has 0 heterocycles. The van der Waals surface area contributed by atoms with E-state index >= 15 is 0 Å². The number of allylic oxidation sites excluding steroid dienone is 2. The van der Waals surface area contributed by atoms with E-state index < -0.39 is 17.8 Å². The number of ether oxygens (including phenoxy) is 1. The zero-order valence-corrected chi connectivity index (χ0v) is 21.4. The second kappa shape index (κ2) is 12.5. The van der Waals surface area contributed by atoms with Crippen molar-refractivity contribution in [1.82, 2.24) is 0 Å². The largest absolute Gasteiger partial charge is 0.491 e. The van der Waals surface area contributed by atoms with Crippen LogP contribution in [0.4, 0.5) is 13.2 Å². The molecule has 0 spiro atoms. The minimum Gasteiger partial charge on any atom is -0.491 e. The first kappa shape index (κ1) is 26.4. The van der Waals surface area contributed by atoms with Crippen LogP contribution < -0.4 is 4.74 Å². The zero-order chi connectivity index (χ0) is 24.8. The van der Waals surface area contributed by atoms with Crippen molar-refractivity contribution in [1.29, 1.82) is 0 Å². The second-order valence-corrected chi connectivity index (χ2v) is 11.2. The maximum Gasteiger partial charge on any atom is 0.267 e. The lowest BCUT2D eigenvalue weighted by atomic mass is 9.65. The van der Waals surface area contributed by atoms with Gasteiger partial charge in [0.2, 0.25) is 0 Å². The summed E-state index contributed by atoms with van der Waals surface area (Å²) < 4.78 is 46.8. The molecular weight excluding hydrogens is 445 g/mol. The van der Waals surface area contributed by atoms with Crippen molar-refractivity contribution in [3.8, 4) is 5.75 Å². The van der Waals surface area contributed by atoms with Crippen LogP contribution in [-0.4, -0.2) is 6.61 Å². The van der Waals surface area contributed by atoms with Crippen LogP contribution >= 0.6 is 0 Å². The highest BCUT2D eigenvalue weighted by atomic mass is 19.3. The first-order valence-corrected chi connectivity index (χ1v) is 14.0. The zero-order valence-electron chi connectivity index (χ0n) is 21.4. The molecule has 0 bridgehead atoms. The standard InChI is InChI=1S/C31H43F3O/c1-3-21-5-10-23(11-6-21)25-15-17-26(18-16-25)24-12-7-22(8-13-24)9-14-27-19-20-28(35-4-2)30(32)29(27)31(33)34/h3,9,14,19-26,31H,1,4-8,10-13,15-18H2,2H3/b14-9+. The summed E-state index contributed by atoms with van der Waals surface area (Å²) in [6.45, 7) is 5.95. The number of rotatable bonds is 8. The van der Waals surface area contributed by atoms with Crippen molar-refractivity contribution in [2.24, 2.45) is 35.5 Å². The molecule has 0 unspecified atom stereocenters. The van der Waals surface area contributed by atoms with Crippen LogP contribution in [0.25, 0.3) is 6.08 Å². The van der Waals surface area contributed by atoms with Crippen LogP contribution in [0.15, 0.2) is 30.9 Å². The third-order valence-corrected chi connectivity index (χ3v) is 9.36. The average molecular weight is 489 g/mol. The monoisotopic (exact) mass is 488 g/mol. The van der Waals surface area contributed by atoms with E-state index in [2.05, 4.69) is 12.7 Å². The van der Waals surface area contributed by atoms with Crippen LogP contribution in [0.3, 0.4) is 0 Å². The van der Waals surface area contributed by atoms with E-state index in [1.54, 1.807) is 19.1 Å². The minimum atomic E-state index is -2.86. The van der Waals surface area contributed by atoms with Gasteiger partial charge in [-0.3, -0.25) is 0 Å². The molecule has 3 fully saturated rings. The van der Waals surface area contributed by atoms with Crippen LogP contribution in [-0.2, 0) is 0 Å². The van der Waals surface area contributed by atoms with Gasteiger partial charge in [0, 0.05) is 0 Å². The molecule has 0 radical (unpaired) electrons. The van der Waals surface area contributed by atoms with E-state index in [9.17, 15) is 13.2 Å². The van der Waals surface area contributed by atoms with Gasteiger partial charge in [0.05, 0.1) is 12.2 Å². The first-order chi connectivity index (χ1) is 17.0. The lowest BCUT2D eigenvalue weighted by Crippen LogP contribution is -2.29. The summed E-state index contributed by atoms with van der Waals surface area (Å²) in [5, 5.41) is 0. The van der Waals surface area contributed by atoms with Crippen LogP contribution in [0, 0.1) is 41.3 Å². The fourth-order valence-electron chi connectivity index (χ4n) is 7.21. The third kappa shape index (κ3) is 6.54. The molecule has 1 aromatic rings. The molecule has 0 atom stereocenters. The Labute approximate surface area is 210 Å². The number of hydrogen-bond donors (Lipinski definition) is 0. The van der Waals surface area contributed by atoms with Crippen molar-refractivity contribution in [2.45, 2.75) is 90.4 Å². The molecule has 0 amide bonds. The fraction of sp³-hybridized carbons (Fsp3) is 0.677. The van der Waals surface area contributed by atoms with Crippen LogP contribution in [0.2, 0.25) is 0 Å². The Kier molecular flexibility index (Phi) is 9.41. The van der Waals surface area contributed by atoms with Crippen molar-refractivity contribution in [3.05, 3.63) is 47.8 Å². The molecule has 0 N–H and O–H groups in total. The number of halogens is 3. The smallest absolute Gasteiger partial charge is 0.267 e. The second-order valence-electron chi connectivity index (χ2n) is 11.2. The van der Waals surface area contributed by atoms with Gasteiger partial charge in [0.25, 0.3) is 6.43 Å². The number of alkyl halides is 2. The molecule has 1 nitrogen and oxygen atoms in total. The normalized spacial score (nSPS) is 32.1. The van der Waals surface area contributed by atoms with Gasteiger partial charge in [-0.1, -0.05) is 24.3 Å². The third-order valence-electron chi connectivity index (χ3n) is 9.36. The van der Waals surface area contributed by atoms with E-state index in [4.69, 9.17) is 4.74 Å². The maximum absolute atomic E-state index is 14.5. The lowest BCUT2D eigenvalue weighted by Gasteiger charge is -2.41. The Hall–Kier alpha value is -1.71. The Morgan fingerprint density at radius 1 is 0.829 bits per heavy atom. The molecule has 3 aliphatic rings. The summed E-state index contributed by atoms with van der Waals surface area (Å²) in [5.41, 5.74) is -0.279. The summed E-state index contributed by atoms with van der Waals surface area (Å²) >= 11 is 0. The van der Waals surface area contributed by atoms with Gasteiger partial charge in [-0.05, 0) is 131 Å². The molecule has 0 saturated heterocycles. The molecule has 3 aliphatic carbocycles. The lowest BCUT2D eigenvalue weighted by molar-refractivity contribution is 0.112. The molecule has 194 valence electrons. The summed E-state index contributed by atoms with van der Waals surface area (Å²) in [4.78, 5) is 0. The first-order valence-electron chi connectivity index (χ1n) is 14.0. The van der Waals surface area contributed by atoms with Gasteiger partial charge >= 0.3 is 0 Å².